The molecule has 0 aliphatic heterocycles. The van der Waals surface area contributed by atoms with E-state index in [1.54, 1.807) is 0 Å². The summed E-state index contributed by atoms with van der Waals surface area (Å²) in [5.74, 6) is 2.59. The highest BCUT2D eigenvalue weighted by Crippen LogP contribution is 2.60. The number of aromatic nitrogens is 1. The molecule has 0 saturated heterocycles. The summed E-state index contributed by atoms with van der Waals surface area (Å²) in [7, 11) is 0. The van der Waals surface area contributed by atoms with Crippen LogP contribution in [0.1, 0.15) is 38.5 Å². The topological polar surface area (TPSA) is 55.1 Å². The summed E-state index contributed by atoms with van der Waals surface area (Å²) in [6.45, 7) is 0. The van der Waals surface area contributed by atoms with Gasteiger partial charge < -0.3 is 9.73 Å². The van der Waals surface area contributed by atoms with Gasteiger partial charge in [0.05, 0.1) is 5.41 Å². The maximum absolute atomic E-state index is 13.0. The zero-order chi connectivity index (χ0) is 14.7. The van der Waals surface area contributed by atoms with Gasteiger partial charge in [0.1, 0.15) is 5.52 Å². The second kappa shape index (κ2) is 4.34. The van der Waals surface area contributed by atoms with E-state index >= 15 is 0 Å². The Morgan fingerprint density at radius 1 is 1.14 bits per heavy atom. The first-order chi connectivity index (χ1) is 10.7. The smallest absolute Gasteiger partial charge is 0.230 e. The summed E-state index contributed by atoms with van der Waals surface area (Å²) in [6, 6.07) is 5.68. The van der Waals surface area contributed by atoms with Gasteiger partial charge in [0.2, 0.25) is 5.91 Å². The summed E-state index contributed by atoms with van der Waals surface area (Å²) in [4.78, 5) is 17.1. The van der Waals surface area contributed by atoms with Crippen molar-refractivity contribution in [1.82, 2.24) is 4.98 Å². The number of carbonyl (C=O) groups excluding carboxylic acids is 1. The number of nitrogens with one attached hydrogen (secondary N) is 1. The molecular weight excluding hydrogens is 276 g/mol. The van der Waals surface area contributed by atoms with Gasteiger partial charge in [-0.2, -0.15) is 0 Å². The van der Waals surface area contributed by atoms with Crippen LogP contribution in [0.25, 0.3) is 11.1 Å². The van der Waals surface area contributed by atoms with E-state index in [2.05, 4.69) is 10.3 Å². The highest BCUT2D eigenvalue weighted by Gasteiger charge is 2.54. The number of fused-ring (bicyclic) bond motifs is 1. The largest absolute Gasteiger partial charge is 0.443 e. The fourth-order valence-electron chi connectivity index (χ4n) is 5.59. The van der Waals surface area contributed by atoms with Crippen LogP contribution in [0, 0.1) is 23.2 Å². The molecule has 114 valence electrons. The maximum Gasteiger partial charge on any atom is 0.230 e. The van der Waals surface area contributed by atoms with Crippen molar-refractivity contribution in [2.45, 2.75) is 38.5 Å². The molecule has 4 nitrogen and oxygen atoms in total. The standard InChI is InChI=1S/C18H20N2O2/c21-17(20-14-1-2-16-15(6-14)19-10-22-16)18-7-11-3-12(8-18)5-13(4-11)9-18/h1-2,6,10-13H,3-5,7-9H2,(H,20,21). The lowest BCUT2D eigenvalue weighted by Crippen LogP contribution is -2.51. The number of oxazole rings is 1. The molecule has 0 spiro atoms. The Bertz CT molecular complexity index is 713. The Balaban J connectivity index is 1.42. The molecule has 0 atom stereocenters. The van der Waals surface area contributed by atoms with E-state index in [0.717, 1.165) is 53.8 Å². The number of nitrogens with zero attached hydrogens (tertiary/aromatic N) is 1. The average molecular weight is 296 g/mol. The molecule has 1 heterocycles. The number of amides is 1. The summed E-state index contributed by atoms with van der Waals surface area (Å²) < 4.78 is 5.25. The average Bonchev–Trinajstić information content (AvgIpc) is 2.93. The van der Waals surface area contributed by atoms with E-state index in [1.165, 1.54) is 25.7 Å². The van der Waals surface area contributed by atoms with E-state index < -0.39 is 0 Å². The first kappa shape index (κ1) is 12.7. The minimum absolute atomic E-state index is 0.104. The van der Waals surface area contributed by atoms with E-state index in [-0.39, 0.29) is 11.3 Å². The minimum atomic E-state index is -0.104. The monoisotopic (exact) mass is 296 g/mol. The van der Waals surface area contributed by atoms with Crippen molar-refractivity contribution in [3.8, 4) is 0 Å². The third-order valence-corrected chi connectivity index (χ3v) is 6.11. The number of benzene rings is 1. The second-order valence-electron chi connectivity index (χ2n) is 7.69. The van der Waals surface area contributed by atoms with Crippen LogP contribution in [0.2, 0.25) is 0 Å². The first-order valence-corrected chi connectivity index (χ1v) is 8.35. The van der Waals surface area contributed by atoms with Crippen LogP contribution in [0.5, 0.6) is 0 Å². The normalized spacial score (nSPS) is 35.9. The Morgan fingerprint density at radius 2 is 1.82 bits per heavy atom. The lowest BCUT2D eigenvalue weighted by atomic mass is 9.49. The molecule has 2 aromatic rings. The first-order valence-electron chi connectivity index (χ1n) is 8.35. The van der Waals surface area contributed by atoms with Crippen molar-refractivity contribution < 1.29 is 9.21 Å². The molecule has 1 amide bonds. The Hall–Kier alpha value is -1.84. The molecule has 4 aliphatic carbocycles. The predicted octanol–water partition coefficient (Wildman–Crippen LogP) is 3.98. The SMILES string of the molecule is O=C(Nc1ccc2ocnc2c1)C12CC3CC(CC(C3)C1)C2. The number of hydrogen-bond donors (Lipinski definition) is 1. The van der Waals surface area contributed by atoms with Crippen LogP contribution in [0.3, 0.4) is 0 Å². The highest BCUT2D eigenvalue weighted by molar-refractivity contribution is 5.97. The molecule has 4 saturated carbocycles. The molecule has 4 aliphatic rings. The van der Waals surface area contributed by atoms with E-state index in [0.29, 0.717) is 0 Å². The molecule has 0 unspecified atom stereocenters. The summed E-state index contributed by atoms with van der Waals surface area (Å²) in [5, 5.41) is 3.16. The van der Waals surface area contributed by atoms with Gasteiger partial charge in [-0.05, 0) is 74.5 Å². The van der Waals surface area contributed by atoms with Crippen LogP contribution in [0.4, 0.5) is 5.69 Å². The molecule has 6 rings (SSSR count). The van der Waals surface area contributed by atoms with Crippen molar-refractivity contribution >= 4 is 22.7 Å². The zero-order valence-corrected chi connectivity index (χ0v) is 12.5. The summed E-state index contributed by atoms with van der Waals surface area (Å²) in [5.41, 5.74) is 2.28. The quantitative estimate of drug-likeness (QED) is 0.912. The fourth-order valence-corrected chi connectivity index (χ4v) is 5.59. The number of carbonyl (C=O) groups is 1. The fraction of sp³-hybridized carbons (Fsp3) is 0.556. The highest BCUT2D eigenvalue weighted by atomic mass is 16.3. The van der Waals surface area contributed by atoms with E-state index in [4.69, 9.17) is 4.42 Å². The van der Waals surface area contributed by atoms with Gasteiger partial charge in [-0.1, -0.05) is 0 Å². The zero-order valence-electron chi connectivity index (χ0n) is 12.5. The Kier molecular flexibility index (Phi) is 2.50. The number of rotatable bonds is 2. The van der Waals surface area contributed by atoms with Crippen LogP contribution in [-0.4, -0.2) is 10.9 Å². The van der Waals surface area contributed by atoms with Gasteiger partial charge in [0.25, 0.3) is 0 Å². The lowest BCUT2D eigenvalue weighted by molar-refractivity contribution is -0.140. The van der Waals surface area contributed by atoms with Gasteiger partial charge >= 0.3 is 0 Å². The molecular formula is C18H20N2O2. The Labute approximate surface area is 129 Å². The molecule has 4 bridgehead atoms. The molecule has 4 heteroatoms. The van der Waals surface area contributed by atoms with Gasteiger partial charge in [0, 0.05) is 5.69 Å². The minimum Gasteiger partial charge on any atom is -0.443 e. The predicted molar refractivity (Wildman–Crippen MR) is 83.2 cm³/mol. The van der Waals surface area contributed by atoms with Gasteiger partial charge in [0.15, 0.2) is 12.0 Å². The van der Waals surface area contributed by atoms with Gasteiger partial charge in [-0.25, -0.2) is 4.98 Å². The van der Waals surface area contributed by atoms with Crippen LogP contribution >= 0.6 is 0 Å². The van der Waals surface area contributed by atoms with E-state index in [9.17, 15) is 4.79 Å². The molecule has 1 aromatic heterocycles. The van der Waals surface area contributed by atoms with Crippen molar-refractivity contribution in [1.29, 1.82) is 0 Å². The third-order valence-electron chi connectivity index (χ3n) is 6.11. The molecule has 1 aromatic carbocycles. The van der Waals surface area contributed by atoms with Crippen LogP contribution in [-0.2, 0) is 4.79 Å². The molecule has 1 N–H and O–H groups in total. The molecule has 4 fully saturated rings. The van der Waals surface area contributed by atoms with E-state index in [1.807, 2.05) is 18.2 Å². The lowest BCUT2D eigenvalue weighted by Gasteiger charge is -2.55. The third kappa shape index (κ3) is 1.82. The van der Waals surface area contributed by atoms with Crippen molar-refractivity contribution in [2.24, 2.45) is 23.2 Å². The van der Waals surface area contributed by atoms with Crippen molar-refractivity contribution in [3.63, 3.8) is 0 Å². The van der Waals surface area contributed by atoms with Gasteiger partial charge in [-0.15, -0.1) is 0 Å². The number of hydrogen-bond acceptors (Lipinski definition) is 3. The van der Waals surface area contributed by atoms with Crippen molar-refractivity contribution in [2.75, 3.05) is 5.32 Å². The Morgan fingerprint density at radius 3 is 2.50 bits per heavy atom. The maximum atomic E-state index is 13.0. The van der Waals surface area contributed by atoms with Gasteiger partial charge in [-0.3, -0.25) is 4.79 Å². The summed E-state index contributed by atoms with van der Waals surface area (Å²) in [6.07, 6.45) is 8.80. The second-order valence-corrected chi connectivity index (χ2v) is 7.69. The van der Waals surface area contributed by atoms with Crippen molar-refractivity contribution in [3.05, 3.63) is 24.6 Å². The van der Waals surface area contributed by atoms with Crippen LogP contribution < -0.4 is 5.32 Å². The number of anilines is 1. The molecule has 0 radical (unpaired) electrons. The summed E-state index contributed by atoms with van der Waals surface area (Å²) >= 11 is 0. The van der Waals surface area contributed by atoms with Crippen LogP contribution in [0.15, 0.2) is 29.0 Å². The molecule has 22 heavy (non-hydrogen) atoms.